The highest BCUT2D eigenvalue weighted by Gasteiger charge is 2.21. The van der Waals surface area contributed by atoms with Crippen LogP contribution in [0.3, 0.4) is 0 Å². The number of ether oxygens (including phenoxy) is 1. The van der Waals surface area contributed by atoms with Gasteiger partial charge < -0.3 is 10.1 Å². The number of aryl methyl sites for hydroxylation is 1. The van der Waals surface area contributed by atoms with Crippen LogP contribution in [0.15, 0.2) is 54.6 Å². The lowest BCUT2D eigenvalue weighted by atomic mass is 10.2. The summed E-state index contributed by atoms with van der Waals surface area (Å²) >= 11 is 0. The Morgan fingerprint density at radius 2 is 1.84 bits per heavy atom. The zero-order chi connectivity index (χ0) is 17.6. The fraction of sp³-hybridized carbons (Fsp3) is 0.211. The third-order valence-corrected chi connectivity index (χ3v) is 3.67. The molecule has 0 atom stereocenters. The molecule has 25 heavy (non-hydrogen) atoms. The van der Waals surface area contributed by atoms with Crippen molar-refractivity contribution in [3.8, 4) is 5.88 Å². The Morgan fingerprint density at radius 3 is 2.52 bits per heavy atom. The summed E-state index contributed by atoms with van der Waals surface area (Å²) in [6.07, 6.45) is 0. The summed E-state index contributed by atoms with van der Waals surface area (Å²) in [6, 6.07) is 17.4. The van der Waals surface area contributed by atoms with Crippen LogP contribution in [0.2, 0.25) is 0 Å². The van der Waals surface area contributed by atoms with Crippen molar-refractivity contribution >= 4 is 11.6 Å². The standard InChI is InChI=1S/C19H20N4O2/c1-3-25-19-17(18(24)20-16-11-9-14(2)10-12-16)21-22-23(19)13-15-7-5-4-6-8-15/h4-12H,3,13H2,1-2H3,(H,20,24). The van der Waals surface area contributed by atoms with Gasteiger partial charge in [0.25, 0.3) is 5.91 Å². The highest BCUT2D eigenvalue weighted by Crippen LogP contribution is 2.19. The number of amides is 1. The van der Waals surface area contributed by atoms with Crippen molar-refractivity contribution in [3.63, 3.8) is 0 Å². The Bertz CT molecular complexity index is 842. The average Bonchev–Trinajstić information content (AvgIpc) is 3.01. The number of hydrogen-bond donors (Lipinski definition) is 1. The number of hydrogen-bond acceptors (Lipinski definition) is 4. The zero-order valence-corrected chi connectivity index (χ0v) is 14.3. The first kappa shape index (κ1) is 16.7. The molecule has 3 aromatic rings. The Balaban J connectivity index is 1.82. The van der Waals surface area contributed by atoms with E-state index in [-0.39, 0.29) is 11.6 Å². The van der Waals surface area contributed by atoms with Crippen molar-refractivity contribution in [1.82, 2.24) is 15.0 Å². The number of benzene rings is 2. The summed E-state index contributed by atoms with van der Waals surface area (Å²) in [7, 11) is 0. The smallest absolute Gasteiger partial charge is 0.281 e. The van der Waals surface area contributed by atoms with Crippen LogP contribution in [-0.4, -0.2) is 27.5 Å². The molecule has 1 heterocycles. The molecule has 0 unspecified atom stereocenters. The number of nitrogens with one attached hydrogen (secondary N) is 1. The fourth-order valence-electron chi connectivity index (χ4n) is 2.41. The van der Waals surface area contributed by atoms with Gasteiger partial charge in [-0.05, 0) is 31.5 Å². The molecule has 0 aliphatic heterocycles. The van der Waals surface area contributed by atoms with E-state index in [0.29, 0.717) is 24.7 Å². The van der Waals surface area contributed by atoms with Crippen LogP contribution in [0, 0.1) is 6.92 Å². The molecule has 0 spiro atoms. The number of aromatic nitrogens is 3. The van der Waals surface area contributed by atoms with E-state index in [1.807, 2.05) is 68.4 Å². The minimum atomic E-state index is -0.341. The fourth-order valence-corrected chi connectivity index (χ4v) is 2.41. The molecule has 1 N–H and O–H groups in total. The molecule has 0 fully saturated rings. The Morgan fingerprint density at radius 1 is 1.12 bits per heavy atom. The second-order valence-electron chi connectivity index (χ2n) is 5.64. The van der Waals surface area contributed by atoms with Gasteiger partial charge >= 0.3 is 0 Å². The molecule has 0 radical (unpaired) electrons. The summed E-state index contributed by atoms with van der Waals surface area (Å²) in [6.45, 7) is 4.77. The first-order valence-electron chi connectivity index (χ1n) is 8.15. The minimum absolute atomic E-state index is 0.179. The van der Waals surface area contributed by atoms with Crippen LogP contribution in [-0.2, 0) is 6.54 Å². The van der Waals surface area contributed by atoms with Gasteiger partial charge in [-0.25, -0.2) is 4.68 Å². The van der Waals surface area contributed by atoms with Crippen LogP contribution in [0.1, 0.15) is 28.5 Å². The van der Waals surface area contributed by atoms with Crippen LogP contribution < -0.4 is 10.1 Å². The zero-order valence-electron chi connectivity index (χ0n) is 14.3. The molecule has 0 bridgehead atoms. The quantitative estimate of drug-likeness (QED) is 0.750. The number of nitrogens with zero attached hydrogens (tertiary/aromatic N) is 3. The maximum atomic E-state index is 12.6. The summed E-state index contributed by atoms with van der Waals surface area (Å²) in [4.78, 5) is 12.6. The van der Waals surface area contributed by atoms with E-state index in [1.165, 1.54) is 0 Å². The predicted molar refractivity (Wildman–Crippen MR) is 95.9 cm³/mol. The number of anilines is 1. The largest absolute Gasteiger partial charge is 0.476 e. The van der Waals surface area contributed by atoms with E-state index < -0.39 is 0 Å². The van der Waals surface area contributed by atoms with Crippen molar-refractivity contribution in [2.75, 3.05) is 11.9 Å². The maximum Gasteiger partial charge on any atom is 0.281 e. The van der Waals surface area contributed by atoms with Crippen molar-refractivity contribution < 1.29 is 9.53 Å². The molecule has 0 saturated carbocycles. The summed E-state index contributed by atoms with van der Waals surface area (Å²) < 4.78 is 7.24. The first-order valence-corrected chi connectivity index (χ1v) is 8.15. The molecule has 6 nitrogen and oxygen atoms in total. The third-order valence-electron chi connectivity index (χ3n) is 3.67. The number of rotatable bonds is 6. The molecule has 1 aromatic heterocycles. The SMILES string of the molecule is CCOc1c(C(=O)Nc2ccc(C)cc2)nnn1Cc1ccccc1. The average molecular weight is 336 g/mol. The Hall–Kier alpha value is -3.15. The molecule has 128 valence electrons. The number of carbonyl (C=O) groups excluding carboxylic acids is 1. The first-order chi connectivity index (χ1) is 12.2. The second kappa shape index (κ2) is 7.61. The third kappa shape index (κ3) is 4.03. The van der Waals surface area contributed by atoms with Gasteiger partial charge in [-0.15, -0.1) is 5.10 Å². The van der Waals surface area contributed by atoms with E-state index in [9.17, 15) is 4.79 Å². The highest BCUT2D eigenvalue weighted by molar-refractivity contribution is 6.04. The van der Waals surface area contributed by atoms with E-state index in [4.69, 9.17) is 4.74 Å². The van der Waals surface area contributed by atoms with Crippen LogP contribution in [0.4, 0.5) is 5.69 Å². The molecule has 0 aliphatic rings. The normalized spacial score (nSPS) is 10.5. The lowest BCUT2D eigenvalue weighted by Gasteiger charge is -2.09. The van der Waals surface area contributed by atoms with E-state index in [1.54, 1.807) is 4.68 Å². The van der Waals surface area contributed by atoms with E-state index >= 15 is 0 Å². The Labute approximate surface area is 146 Å². The summed E-state index contributed by atoms with van der Waals surface area (Å²) in [5.74, 6) is 0.0302. The van der Waals surface area contributed by atoms with Crippen LogP contribution >= 0.6 is 0 Å². The van der Waals surface area contributed by atoms with Gasteiger partial charge in [0.05, 0.1) is 13.2 Å². The number of carbonyl (C=O) groups is 1. The minimum Gasteiger partial charge on any atom is -0.476 e. The van der Waals surface area contributed by atoms with Gasteiger partial charge in [0, 0.05) is 5.69 Å². The van der Waals surface area contributed by atoms with Gasteiger partial charge in [-0.2, -0.15) is 0 Å². The summed E-state index contributed by atoms with van der Waals surface area (Å²) in [5.41, 5.74) is 3.06. The molecule has 2 aromatic carbocycles. The van der Waals surface area contributed by atoms with E-state index in [0.717, 1.165) is 11.1 Å². The van der Waals surface area contributed by atoms with Crippen molar-refractivity contribution in [2.45, 2.75) is 20.4 Å². The lowest BCUT2D eigenvalue weighted by molar-refractivity contribution is 0.101. The molecule has 6 heteroatoms. The van der Waals surface area contributed by atoms with Gasteiger partial charge in [-0.3, -0.25) is 4.79 Å². The molecular formula is C19H20N4O2. The highest BCUT2D eigenvalue weighted by atomic mass is 16.5. The monoisotopic (exact) mass is 336 g/mol. The van der Waals surface area contributed by atoms with Crippen LogP contribution in [0.25, 0.3) is 0 Å². The molecule has 0 aliphatic carbocycles. The van der Waals surface area contributed by atoms with Crippen molar-refractivity contribution in [1.29, 1.82) is 0 Å². The second-order valence-corrected chi connectivity index (χ2v) is 5.64. The predicted octanol–water partition coefficient (Wildman–Crippen LogP) is 3.29. The molecule has 0 saturated heterocycles. The van der Waals surface area contributed by atoms with Crippen LogP contribution in [0.5, 0.6) is 5.88 Å². The van der Waals surface area contributed by atoms with Gasteiger partial charge in [0.15, 0.2) is 0 Å². The molecular weight excluding hydrogens is 316 g/mol. The topological polar surface area (TPSA) is 69.0 Å². The maximum absolute atomic E-state index is 12.6. The van der Waals surface area contributed by atoms with E-state index in [2.05, 4.69) is 15.6 Å². The van der Waals surface area contributed by atoms with Gasteiger partial charge in [0.2, 0.25) is 11.6 Å². The Kier molecular flexibility index (Phi) is 5.09. The van der Waals surface area contributed by atoms with Crippen molar-refractivity contribution in [2.24, 2.45) is 0 Å². The van der Waals surface area contributed by atoms with Gasteiger partial charge in [-0.1, -0.05) is 53.2 Å². The van der Waals surface area contributed by atoms with Gasteiger partial charge in [0.1, 0.15) is 0 Å². The molecule has 1 amide bonds. The summed E-state index contributed by atoms with van der Waals surface area (Å²) in [5, 5.41) is 10.9. The van der Waals surface area contributed by atoms with Crippen molar-refractivity contribution in [3.05, 3.63) is 71.4 Å². The lowest BCUT2D eigenvalue weighted by Crippen LogP contribution is -2.15. The molecule has 3 rings (SSSR count).